The van der Waals surface area contributed by atoms with Gasteiger partial charge in [0.2, 0.25) is 5.91 Å². The Balaban J connectivity index is 1.92. The van der Waals surface area contributed by atoms with Crippen LogP contribution in [0.15, 0.2) is 24.3 Å². The monoisotopic (exact) mass is 291 g/mol. The number of hydrogen-bond donors (Lipinski definition) is 1. The number of ether oxygens (including phenoxy) is 1. The molecule has 2 atom stereocenters. The Bertz CT molecular complexity index is 529. The molecule has 1 heterocycles. The zero-order valence-electron chi connectivity index (χ0n) is 12.4. The lowest BCUT2D eigenvalue weighted by Crippen LogP contribution is -2.51. The van der Waals surface area contributed by atoms with Crippen LogP contribution < -0.4 is 0 Å². The molecule has 1 aromatic rings. The van der Waals surface area contributed by atoms with Gasteiger partial charge in [-0.05, 0) is 25.8 Å². The van der Waals surface area contributed by atoms with Crippen molar-refractivity contribution in [1.29, 1.82) is 0 Å². The Labute approximate surface area is 124 Å². The number of hydrogen-bond acceptors (Lipinski definition) is 3. The van der Waals surface area contributed by atoms with Gasteiger partial charge in [0.05, 0.1) is 12.6 Å². The molecular formula is C16H21NO4. The number of aliphatic carboxylic acids is 1. The molecule has 1 N–H and O–H groups in total. The molecule has 114 valence electrons. The van der Waals surface area contributed by atoms with Gasteiger partial charge in [-0.3, -0.25) is 4.79 Å². The fraction of sp³-hybridized carbons (Fsp3) is 0.500. The maximum absolute atomic E-state index is 12.2. The van der Waals surface area contributed by atoms with E-state index in [0.29, 0.717) is 19.4 Å². The van der Waals surface area contributed by atoms with E-state index in [-0.39, 0.29) is 18.6 Å². The molecule has 5 heteroatoms. The van der Waals surface area contributed by atoms with Crippen molar-refractivity contribution in [3.63, 3.8) is 0 Å². The Morgan fingerprint density at radius 3 is 2.81 bits per heavy atom. The lowest BCUT2D eigenvalue weighted by Gasteiger charge is -2.35. The number of morpholine rings is 1. The Morgan fingerprint density at radius 1 is 1.38 bits per heavy atom. The second-order valence-electron chi connectivity index (χ2n) is 5.56. The van der Waals surface area contributed by atoms with Crippen LogP contribution >= 0.6 is 0 Å². The molecule has 0 aromatic heterocycles. The quantitative estimate of drug-likeness (QED) is 0.915. The van der Waals surface area contributed by atoms with Gasteiger partial charge in [-0.15, -0.1) is 0 Å². The number of benzene rings is 1. The molecule has 0 bridgehead atoms. The molecule has 0 saturated carbocycles. The van der Waals surface area contributed by atoms with Crippen molar-refractivity contribution in [3.05, 3.63) is 35.4 Å². The smallest absolute Gasteiger partial charge is 0.334 e. The molecule has 1 aromatic carbocycles. The molecule has 1 aliphatic heterocycles. The first-order valence-corrected chi connectivity index (χ1v) is 7.17. The SMILES string of the molecule is Cc1cccc(CCC(=O)N2CC(C(=O)O)O[C@H](C)C2)c1. The maximum Gasteiger partial charge on any atom is 0.334 e. The molecule has 5 nitrogen and oxygen atoms in total. The van der Waals surface area contributed by atoms with Crippen molar-refractivity contribution < 1.29 is 19.4 Å². The van der Waals surface area contributed by atoms with Crippen LogP contribution in [-0.4, -0.2) is 47.2 Å². The standard InChI is InChI=1S/C16H21NO4/c1-11-4-3-5-13(8-11)6-7-15(18)17-9-12(2)21-14(10-17)16(19)20/h3-5,8,12,14H,6-7,9-10H2,1-2H3,(H,19,20)/t12-,14?/m1/s1. The van der Waals surface area contributed by atoms with Crippen LogP contribution in [0.25, 0.3) is 0 Å². The minimum absolute atomic E-state index is 0.0158. The predicted molar refractivity (Wildman–Crippen MR) is 78.1 cm³/mol. The highest BCUT2D eigenvalue weighted by atomic mass is 16.5. The predicted octanol–water partition coefficient (Wildman–Crippen LogP) is 1.63. The summed E-state index contributed by atoms with van der Waals surface area (Å²) < 4.78 is 5.31. The number of aryl methyl sites for hydroxylation is 2. The summed E-state index contributed by atoms with van der Waals surface area (Å²) in [5.74, 6) is -1.03. The largest absolute Gasteiger partial charge is 0.479 e. The number of carboxylic acid groups (broad SMARTS) is 1. The zero-order valence-corrected chi connectivity index (χ0v) is 12.4. The number of carboxylic acids is 1. The van der Waals surface area contributed by atoms with E-state index < -0.39 is 12.1 Å². The molecule has 0 aliphatic carbocycles. The van der Waals surface area contributed by atoms with Gasteiger partial charge in [0, 0.05) is 13.0 Å². The van der Waals surface area contributed by atoms with E-state index in [1.807, 2.05) is 25.1 Å². The summed E-state index contributed by atoms with van der Waals surface area (Å²) in [6.45, 7) is 4.39. The summed E-state index contributed by atoms with van der Waals surface area (Å²) in [6, 6.07) is 8.07. The molecule has 1 aliphatic rings. The molecule has 1 unspecified atom stereocenters. The van der Waals surface area contributed by atoms with Crippen LogP contribution in [0.4, 0.5) is 0 Å². The lowest BCUT2D eigenvalue weighted by atomic mass is 10.1. The Morgan fingerprint density at radius 2 is 2.14 bits per heavy atom. The number of nitrogens with zero attached hydrogens (tertiary/aromatic N) is 1. The first-order valence-electron chi connectivity index (χ1n) is 7.17. The molecule has 1 amide bonds. The lowest BCUT2D eigenvalue weighted by molar-refractivity contribution is -0.166. The number of carbonyl (C=O) groups is 2. The van der Waals surface area contributed by atoms with Crippen LogP contribution in [0.5, 0.6) is 0 Å². The van der Waals surface area contributed by atoms with E-state index in [1.165, 1.54) is 5.56 Å². The minimum atomic E-state index is -1.02. The first-order chi connectivity index (χ1) is 9.95. The van der Waals surface area contributed by atoms with Crippen molar-refractivity contribution in [3.8, 4) is 0 Å². The van der Waals surface area contributed by atoms with E-state index in [0.717, 1.165) is 5.56 Å². The summed E-state index contributed by atoms with van der Waals surface area (Å²) in [5.41, 5.74) is 2.30. The van der Waals surface area contributed by atoms with Crippen molar-refractivity contribution >= 4 is 11.9 Å². The van der Waals surface area contributed by atoms with E-state index in [2.05, 4.69) is 6.07 Å². The van der Waals surface area contributed by atoms with E-state index in [9.17, 15) is 9.59 Å². The molecule has 0 spiro atoms. The number of amides is 1. The molecule has 2 rings (SSSR count). The highest BCUT2D eigenvalue weighted by Gasteiger charge is 2.32. The fourth-order valence-corrected chi connectivity index (χ4v) is 2.57. The van der Waals surface area contributed by atoms with Crippen LogP contribution in [-0.2, 0) is 20.7 Å². The van der Waals surface area contributed by atoms with E-state index in [4.69, 9.17) is 9.84 Å². The minimum Gasteiger partial charge on any atom is -0.479 e. The highest BCUT2D eigenvalue weighted by molar-refractivity contribution is 5.79. The van der Waals surface area contributed by atoms with Gasteiger partial charge < -0.3 is 14.7 Å². The molecule has 1 saturated heterocycles. The van der Waals surface area contributed by atoms with E-state index >= 15 is 0 Å². The Hall–Kier alpha value is -1.88. The number of carbonyl (C=O) groups excluding carboxylic acids is 1. The molecule has 0 radical (unpaired) electrons. The van der Waals surface area contributed by atoms with Gasteiger partial charge in [0.15, 0.2) is 6.10 Å². The number of rotatable bonds is 4. The highest BCUT2D eigenvalue weighted by Crippen LogP contribution is 2.14. The summed E-state index contributed by atoms with van der Waals surface area (Å²) in [6.07, 6.45) is -0.105. The third-order valence-corrected chi connectivity index (χ3v) is 3.60. The van der Waals surface area contributed by atoms with Crippen LogP contribution in [0.1, 0.15) is 24.5 Å². The summed E-state index contributed by atoms with van der Waals surface area (Å²) in [7, 11) is 0. The summed E-state index contributed by atoms with van der Waals surface area (Å²) in [5, 5.41) is 9.03. The van der Waals surface area contributed by atoms with Crippen molar-refractivity contribution in [2.24, 2.45) is 0 Å². The molecular weight excluding hydrogens is 270 g/mol. The fourth-order valence-electron chi connectivity index (χ4n) is 2.57. The topological polar surface area (TPSA) is 66.8 Å². The van der Waals surface area contributed by atoms with Crippen LogP contribution in [0, 0.1) is 6.92 Å². The summed E-state index contributed by atoms with van der Waals surface area (Å²) >= 11 is 0. The average molecular weight is 291 g/mol. The zero-order chi connectivity index (χ0) is 15.4. The second-order valence-corrected chi connectivity index (χ2v) is 5.56. The van der Waals surface area contributed by atoms with Gasteiger partial charge >= 0.3 is 5.97 Å². The van der Waals surface area contributed by atoms with Crippen molar-refractivity contribution in [2.45, 2.75) is 38.9 Å². The third kappa shape index (κ3) is 4.29. The second kappa shape index (κ2) is 6.72. The average Bonchev–Trinajstić information content (AvgIpc) is 2.44. The van der Waals surface area contributed by atoms with Gasteiger partial charge in [-0.2, -0.15) is 0 Å². The van der Waals surface area contributed by atoms with Gasteiger partial charge in [-0.1, -0.05) is 29.8 Å². The van der Waals surface area contributed by atoms with Gasteiger partial charge in [0.25, 0.3) is 0 Å². The van der Waals surface area contributed by atoms with Crippen molar-refractivity contribution in [2.75, 3.05) is 13.1 Å². The molecule has 1 fully saturated rings. The normalized spacial score (nSPS) is 22.1. The van der Waals surface area contributed by atoms with Crippen molar-refractivity contribution in [1.82, 2.24) is 4.90 Å². The van der Waals surface area contributed by atoms with Gasteiger partial charge in [-0.25, -0.2) is 4.79 Å². The Kier molecular flexibility index (Phi) is 4.96. The van der Waals surface area contributed by atoms with Crippen LogP contribution in [0.3, 0.4) is 0 Å². The van der Waals surface area contributed by atoms with Crippen LogP contribution in [0.2, 0.25) is 0 Å². The summed E-state index contributed by atoms with van der Waals surface area (Å²) in [4.78, 5) is 24.9. The maximum atomic E-state index is 12.2. The van der Waals surface area contributed by atoms with Gasteiger partial charge in [0.1, 0.15) is 0 Å². The van der Waals surface area contributed by atoms with E-state index in [1.54, 1.807) is 11.8 Å². The first kappa shape index (κ1) is 15.5. The third-order valence-electron chi connectivity index (χ3n) is 3.60. The molecule has 21 heavy (non-hydrogen) atoms.